The molecule has 2 aromatic carbocycles. The molecule has 0 aliphatic carbocycles. The molecule has 0 amide bonds. The lowest BCUT2D eigenvalue weighted by Crippen LogP contribution is -2.45. The van der Waals surface area contributed by atoms with Gasteiger partial charge in [-0.3, -0.25) is 0 Å². The lowest BCUT2D eigenvalue weighted by molar-refractivity contribution is 0.354. The SMILES string of the molecule is C=CCN1C(=S)NC(c2ccc(OC)c(OC)c2)C(c2nc(-c3cccc(C)c3)no2)=C1C. The Balaban J connectivity index is 1.84. The van der Waals surface area contributed by atoms with Gasteiger partial charge in [-0.05, 0) is 49.8 Å². The normalized spacial score (nSPS) is 15.9. The Kier molecular flexibility index (Phi) is 6.46. The maximum atomic E-state index is 5.77. The lowest BCUT2D eigenvalue weighted by atomic mass is 9.94. The van der Waals surface area contributed by atoms with Crippen molar-refractivity contribution in [2.75, 3.05) is 20.8 Å². The molecule has 0 saturated heterocycles. The van der Waals surface area contributed by atoms with Gasteiger partial charge >= 0.3 is 0 Å². The average Bonchev–Trinajstić information content (AvgIpc) is 3.30. The highest BCUT2D eigenvalue weighted by molar-refractivity contribution is 7.80. The number of aryl methyl sites for hydroxylation is 1. The number of aromatic nitrogens is 2. The number of nitrogens with zero attached hydrogens (tertiary/aromatic N) is 3. The zero-order valence-corrected chi connectivity index (χ0v) is 19.9. The number of benzene rings is 2. The summed E-state index contributed by atoms with van der Waals surface area (Å²) in [5.41, 5.74) is 4.70. The van der Waals surface area contributed by atoms with Gasteiger partial charge in [0, 0.05) is 17.8 Å². The summed E-state index contributed by atoms with van der Waals surface area (Å²) in [4.78, 5) is 6.70. The van der Waals surface area contributed by atoms with Gasteiger partial charge in [-0.2, -0.15) is 4.98 Å². The molecular weight excluding hydrogens is 436 g/mol. The topological polar surface area (TPSA) is 72.7 Å². The van der Waals surface area contributed by atoms with Gasteiger partial charge in [0.25, 0.3) is 5.89 Å². The minimum Gasteiger partial charge on any atom is -0.493 e. The average molecular weight is 463 g/mol. The third-order valence-electron chi connectivity index (χ3n) is 5.58. The van der Waals surface area contributed by atoms with Gasteiger partial charge in [0.2, 0.25) is 5.82 Å². The van der Waals surface area contributed by atoms with Crippen molar-refractivity contribution < 1.29 is 14.0 Å². The number of hydrogen-bond donors (Lipinski definition) is 1. The predicted molar refractivity (Wildman–Crippen MR) is 132 cm³/mol. The molecule has 0 saturated carbocycles. The van der Waals surface area contributed by atoms with E-state index >= 15 is 0 Å². The van der Waals surface area contributed by atoms with Crippen molar-refractivity contribution in [1.82, 2.24) is 20.4 Å². The highest BCUT2D eigenvalue weighted by Gasteiger charge is 2.34. The van der Waals surface area contributed by atoms with Crippen LogP contribution >= 0.6 is 12.2 Å². The first kappa shape index (κ1) is 22.5. The van der Waals surface area contributed by atoms with Crippen LogP contribution < -0.4 is 14.8 Å². The van der Waals surface area contributed by atoms with E-state index in [1.165, 1.54) is 0 Å². The van der Waals surface area contributed by atoms with E-state index in [0.717, 1.165) is 28.0 Å². The first-order chi connectivity index (χ1) is 16.0. The Hall–Kier alpha value is -3.65. The minimum atomic E-state index is -0.316. The molecule has 1 unspecified atom stereocenters. The minimum absolute atomic E-state index is 0.316. The fraction of sp³-hybridized carbons (Fsp3) is 0.240. The van der Waals surface area contributed by atoms with E-state index < -0.39 is 0 Å². The second-order valence-electron chi connectivity index (χ2n) is 7.69. The Labute approximate surface area is 198 Å². The molecule has 1 aliphatic heterocycles. The maximum absolute atomic E-state index is 5.77. The third kappa shape index (κ3) is 4.34. The van der Waals surface area contributed by atoms with E-state index in [-0.39, 0.29) is 6.04 Å². The summed E-state index contributed by atoms with van der Waals surface area (Å²) in [6.45, 7) is 8.44. The van der Waals surface area contributed by atoms with E-state index in [4.69, 9.17) is 31.2 Å². The monoisotopic (exact) mass is 462 g/mol. The lowest BCUT2D eigenvalue weighted by Gasteiger charge is -2.37. The number of rotatable bonds is 7. The summed E-state index contributed by atoms with van der Waals surface area (Å²) in [5, 5.41) is 8.27. The summed E-state index contributed by atoms with van der Waals surface area (Å²) < 4.78 is 16.7. The van der Waals surface area contributed by atoms with Crippen LogP contribution in [0.15, 0.2) is 65.3 Å². The standard InChI is InChI=1S/C25H26N4O3S/c1-6-12-29-16(3)21(24-27-23(28-32-24)18-9-7-8-15(2)13-18)22(26-25(29)33)17-10-11-19(30-4)20(14-17)31-5/h6-11,13-14,22H,1,12H2,2-5H3,(H,26,33). The largest absolute Gasteiger partial charge is 0.493 e. The summed E-state index contributed by atoms with van der Waals surface area (Å²) in [5.74, 6) is 2.23. The molecule has 0 spiro atoms. The molecule has 33 heavy (non-hydrogen) atoms. The van der Waals surface area contributed by atoms with Gasteiger partial charge in [-0.25, -0.2) is 0 Å². The summed E-state index contributed by atoms with van der Waals surface area (Å²) >= 11 is 5.67. The van der Waals surface area contributed by atoms with Crippen molar-refractivity contribution in [1.29, 1.82) is 0 Å². The second kappa shape index (κ2) is 9.46. The van der Waals surface area contributed by atoms with E-state index in [2.05, 4.69) is 17.1 Å². The van der Waals surface area contributed by atoms with Crippen LogP contribution in [0.5, 0.6) is 11.5 Å². The Morgan fingerprint density at radius 3 is 2.64 bits per heavy atom. The number of hydrogen-bond acceptors (Lipinski definition) is 6. The smallest absolute Gasteiger partial charge is 0.258 e. The molecule has 4 rings (SSSR count). The van der Waals surface area contributed by atoms with Gasteiger partial charge in [0.15, 0.2) is 16.6 Å². The summed E-state index contributed by atoms with van der Waals surface area (Å²) in [7, 11) is 3.22. The van der Waals surface area contributed by atoms with Gasteiger partial charge < -0.3 is 24.2 Å². The summed E-state index contributed by atoms with van der Waals surface area (Å²) in [6.07, 6.45) is 1.80. The number of thiocarbonyl (C=S) groups is 1. The number of nitrogens with one attached hydrogen (secondary N) is 1. The fourth-order valence-corrected chi connectivity index (χ4v) is 4.25. The van der Waals surface area contributed by atoms with Gasteiger partial charge in [-0.15, -0.1) is 6.58 Å². The highest BCUT2D eigenvalue weighted by Crippen LogP contribution is 2.40. The zero-order valence-electron chi connectivity index (χ0n) is 19.1. The quantitative estimate of drug-likeness (QED) is 0.392. The molecule has 7 nitrogen and oxygen atoms in total. The van der Waals surface area contributed by atoms with Crippen molar-refractivity contribution >= 4 is 22.9 Å². The number of methoxy groups -OCH3 is 2. The molecule has 1 atom stereocenters. The first-order valence-corrected chi connectivity index (χ1v) is 10.9. The van der Waals surface area contributed by atoms with E-state index in [1.807, 2.05) is 61.2 Å². The van der Waals surface area contributed by atoms with Crippen LogP contribution in [-0.4, -0.2) is 40.9 Å². The van der Waals surface area contributed by atoms with E-state index in [0.29, 0.717) is 34.9 Å². The third-order valence-corrected chi connectivity index (χ3v) is 5.92. The van der Waals surface area contributed by atoms with Crippen molar-refractivity contribution in [3.05, 3.63) is 77.8 Å². The molecule has 2 heterocycles. The predicted octanol–water partition coefficient (Wildman–Crippen LogP) is 4.91. The molecular formula is C25H26N4O3S. The van der Waals surface area contributed by atoms with Gasteiger partial charge in [0.1, 0.15) is 0 Å². The van der Waals surface area contributed by atoms with Crippen LogP contribution in [-0.2, 0) is 0 Å². The van der Waals surface area contributed by atoms with Crippen LogP contribution in [0.1, 0.15) is 30.0 Å². The van der Waals surface area contributed by atoms with Crippen molar-refractivity contribution in [3.63, 3.8) is 0 Å². The molecule has 1 N–H and O–H groups in total. The molecule has 170 valence electrons. The molecule has 3 aromatic rings. The van der Waals surface area contributed by atoms with Gasteiger partial charge in [-0.1, -0.05) is 41.1 Å². The van der Waals surface area contributed by atoms with Crippen molar-refractivity contribution in [2.45, 2.75) is 19.9 Å². The Morgan fingerprint density at radius 2 is 1.94 bits per heavy atom. The van der Waals surface area contributed by atoms with E-state index in [9.17, 15) is 0 Å². The molecule has 0 fully saturated rings. The van der Waals surface area contributed by atoms with Crippen LogP contribution in [0.25, 0.3) is 17.0 Å². The molecule has 0 bridgehead atoms. The fourth-order valence-electron chi connectivity index (χ4n) is 3.92. The van der Waals surface area contributed by atoms with Crippen LogP contribution in [0.4, 0.5) is 0 Å². The maximum Gasteiger partial charge on any atom is 0.258 e. The van der Waals surface area contributed by atoms with Crippen LogP contribution in [0, 0.1) is 6.92 Å². The molecule has 8 heteroatoms. The number of ether oxygens (including phenoxy) is 2. The zero-order chi connectivity index (χ0) is 23.5. The summed E-state index contributed by atoms with van der Waals surface area (Å²) in [6, 6.07) is 13.4. The van der Waals surface area contributed by atoms with Crippen molar-refractivity contribution in [2.24, 2.45) is 0 Å². The molecule has 1 aliphatic rings. The van der Waals surface area contributed by atoms with Crippen LogP contribution in [0.2, 0.25) is 0 Å². The Bertz CT molecular complexity index is 1230. The second-order valence-corrected chi connectivity index (χ2v) is 8.07. The van der Waals surface area contributed by atoms with Crippen molar-refractivity contribution in [3.8, 4) is 22.9 Å². The Morgan fingerprint density at radius 1 is 1.15 bits per heavy atom. The van der Waals surface area contributed by atoms with Gasteiger partial charge in [0.05, 0.1) is 25.8 Å². The molecule has 1 aromatic heterocycles. The number of allylic oxidation sites excluding steroid dienone is 1. The van der Waals surface area contributed by atoms with Crippen LogP contribution in [0.3, 0.4) is 0 Å². The molecule has 0 radical (unpaired) electrons. The first-order valence-electron chi connectivity index (χ1n) is 10.5. The van der Waals surface area contributed by atoms with E-state index in [1.54, 1.807) is 20.3 Å². The highest BCUT2D eigenvalue weighted by atomic mass is 32.1.